The second kappa shape index (κ2) is 6.32. The molecule has 0 fully saturated rings. The first-order chi connectivity index (χ1) is 9.40. The third kappa shape index (κ3) is 3.35. The molecule has 0 saturated heterocycles. The van der Waals surface area contributed by atoms with Crippen LogP contribution >= 0.6 is 0 Å². The second-order valence-electron chi connectivity index (χ2n) is 4.80. The number of rotatable bonds is 3. The van der Waals surface area contributed by atoms with Gasteiger partial charge in [-0.2, -0.15) is 5.10 Å². The van der Waals surface area contributed by atoms with Crippen molar-refractivity contribution in [3.63, 3.8) is 0 Å². The fourth-order valence-electron chi connectivity index (χ4n) is 1.98. The van der Waals surface area contributed by atoms with Gasteiger partial charge in [-0.3, -0.25) is 9.69 Å². The van der Waals surface area contributed by atoms with Gasteiger partial charge in [0.2, 0.25) is 0 Å². The lowest BCUT2D eigenvalue weighted by molar-refractivity contribution is 0.739. The SMILES string of the molecule is C.Cc1ccc(N)cc1N(N)/C=C(\N)c1cnn(C)c1C. The topological polar surface area (TPSA) is 99.1 Å². The molecule has 114 valence electrons. The van der Waals surface area contributed by atoms with Crippen LogP contribution in [0.5, 0.6) is 0 Å². The molecule has 2 aromatic rings. The molecule has 0 aliphatic carbocycles. The van der Waals surface area contributed by atoms with Gasteiger partial charge in [0, 0.05) is 30.2 Å². The van der Waals surface area contributed by atoms with Crippen LogP contribution in [-0.4, -0.2) is 9.78 Å². The number of aryl methyl sites for hydroxylation is 2. The predicted molar refractivity (Wildman–Crippen MR) is 89.1 cm³/mol. The van der Waals surface area contributed by atoms with Crippen molar-refractivity contribution in [2.24, 2.45) is 18.6 Å². The molecular formula is C15H24N6. The first kappa shape index (κ1) is 16.6. The van der Waals surface area contributed by atoms with Crippen molar-refractivity contribution in [1.82, 2.24) is 9.78 Å². The lowest BCUT2D eigenvalue weighted by Crippen LogP contribution is -2.26. The number of benzene rings is 1. The number of hydrogen-bond donors (Lipinski definition) is 3. The van der Waals surface area contributed by atoms with Gasteiger partial charge in [-0.15, -0.1) is 0 Å². The van der Waals surface area contributed by atoms with Gasteiger partial charge < -0.3 is 11.5 Å². The molecular weight excluding hydrogens is 264 g/mol. The van der Waals surface area contributed by atoms with Crippen LogP contribution in [0.4, 0.5) is 11.4 Å². The van der Waals surface area contributed by atoms with E-state index in [2.05, 4.69) is 5.10 Å². The van der Waals surface area contributed by atoms with Gasteiger partial charge >= 0.3 is 0 Å². The van der Waals surface area contributed by atoms with Gasteiger partial charge in [0.1, 0.15) is 0 Å². The summed E-state index contributed by atoms with van der Waals surface area (Å²) in [6.45, 7) is 3.92. The molecule has 0 radical (unpaired) electrons. The number of nitrogens with two attached hydrogens (primary N) is 3. The molecule has 6 heteroatoms. The van der Waals surface area contributed by atoms with E-state index < -0.39 is 0 Å². The van der Waals surface area contributed by atoms with Gasteiger partial charge in [-0.05, 0) is 31.5 Å². The van der Waals surface area contributed by atoms with E-state index in [0.717, 1.165) is 22.5 Å². The van der Waals surface area contributed by atoms with E-state index in [4.69, 9.17) is 17.3 Å². The van der Waals surface area contributed by atoms with Crippen LogP contribution in [0.2, 0.25) is 0 Å². The maximum absolute atomic E-state index is 6.09. The summed E-state index contributed by atoms with van der Waals surface area (Å²) < 4.78 is 1.77. The summed E-state index contributed by atoms with van der Waals surface area (Å²) >= 11 is 0. The Morgan fingerprint density at radius 2 is 2.00 bits per heavy atom. The van der Waals surface area contributed by atoms with E-state index in [0.29, 0.717) is 11.4 Å². The number of nitrogen functional groups attached to an aromatic ring is 1. The van der Waals surface area contributed by atoms with Crippen molar-refractivity contribution < 1.29 is 0 Å². The van der Waals surface area contributed by atoms with Crippen LogP contribution < -0.4 is 22.3 Å². The zero-order chi connectivity index (χ0) is 14.9. The highest BCUT2D eigenvalue weighted by Crippen LogP contribution is 2.22. The van der Waals surface area contributed by atoms with Crippen LogP contribution in [0.1, 0.15) is 24.2 Å². The Labute approximate surface area is 125 Å². The second-order valence-corrected chi connectivity index (χ2v) is 4.80. The summed E-state index contributed by atoms with van der Waals surface area (Å²) in [6.07, 6.45) is 3.40. The summed E-state index contributed by atoms with van der Waals surface area (Å²) in [7, 11) is 1.87. The molecule has 2 rings (SSSR count). The monoisotopic (exact) mass is 288 g/mol. The summed E-state index contributed by atoms with van der Waals surface area (Å²) in [6, 6.07) is 5.57. The highest BCUT2D eigenvalue weighted by atomic mass is 15.4. The summed E-state index contributed by atoms with van der Waals surface area (Å²) in [5, 5.41) is 5.65. The fourth-order valence-corrected chi connectivity index (χ4v) is 1.98. The minimum Gasteiger partial charge on any atom is -0.399 e. The van der Waals surface area contributed by atoms with E-state index in [9.17, 15) is 0 Å². The van der Waals surface area contributed by atoms with Gasteiger partial charge in [0.25, 0.3) is 0 Å². The van der Waals surface area contributed by atoms with Crippen LogP contribution in [0.15, 0.2) is 30.6 Å². The number of nitrogens with zero attached hydrogens (tertiary/aromatic N) is 3. The van der Waals surface area contributed by atoms with Crippen molar-refractivity contribution in [3.8, 4) is 0 Å². The van der Waals surface area contributed by atoms with Crippen molar-refractivity contribution in [2.75, 3.05) is 10.7 Å². The highest BCUT2D eigenvalue weighted by Gasteiger charge is 2.09. The molecule has 0 aliphatic rings. The predicted octanol–water partition coefficient (Wildman–Crippen LogP) is 1.89. The Bertz CT molecular complexity index is 656. The molecule has 0 atom stereocenters. The molecule has 0 amide bonds. The Balaban J connectivity index is 0.00000220. The standard InChI is InChI=1S/C14H20N6.CH4/c1-9-4-5-11(15)6-14(9)20(17)8-13(16)12-7-18-19(3)10(12)2;/h4-8H,15-17H2,1-3H3;1H4/b13-8-;. The highest BCUT2D eigenvalue weighted by molar-refractivity contribution is 5.69. The quantitative estimate of drug-likeness (QED) is 0.455. The maximum atomic E-state index is 6.09. The lowest BCUT2D eigenvalue weighted by atomic mass is 10.1. The molecule has 6 N–H and O–H groups in total. The largest absolute Gasteiger partial charge is 0.399 e. The molecule has 0 saturated carbocycles. The normalized spacial score (nSPS) is 11.1. The molecule has 1 aromatic heterocycles. The first-order valence-corrected chi connectivity index (χ1v) is 6.26. The van der Waals surface area contributed by atoms with E-state index in [-0.39, 0.29) is 7.43 Å². The maximum Gasteiger partial charge on any atom is 0.0618 e. The summed E-state index contributed by atoms with van der Waals surface area (Å²) in [4.78, 5) is 0. The van der Waals surface area contributed by atoms with E-state index in [1.165, 1.54) is 5.01 Å². The van der Waals surface area contributed by atoms with Crippen molar-refractivity contribution >= 4 is 17.1 Å². The number of hydrogen-bond acceptors (Lipinski definition) is 5. The number of hydrazine groups is 1. The minimum absolute atomic E-state index is 0. The minimum atomic E-state index is 0. The molecule has 0 bridgehead atoms. The van der Waals surface area contributed by atoms with Crippen molar-refractivity contribution in [1.29, 1.82) is 0 Å². The van der Waals surface area contributed by atoms with Crippen LogP contribution in [-0.2, 0) is 7.05 Å². The van der Waals surface area contributed by atoms with E-state index in [1.54, 1.807) is 17.1 Å². The summed E-state index contributed by atoms with van der Waals surface area (Å²) in [5.41, 5.74) is 16.8. The average molecular weight is 288 g/mol. The van der Waals surface area contributed by atoms with Crippen LogP contribution in [0, 0.1) is 13.8 Å². The Morgan fingerprint density at radius 1 is 1.33 bits per heavy atom. The van der Waals surface area contributed by atoms with Gasteiger partial charge in [0.15, 0.2) is 0 Å². The van der Waals surface area contributed by atoms with Gasteiger partial charge in [-0.25, -0.2) is 5.84 Å². The zero-order valence-corrected chi connectivity index (χ0v) is 12.0. The molecule has 0 spiro atoms. The third-order valence-corrected chi connectivity index (χ3v) is 3.34. The Hall–Kier alpha value is -2.47. The molecule has 0 aliphatic heterocycles. The third-order valence-electron chi connectivity index (χ3n) is 3.34. The summed E-state index contributed by atoms with van der Waals surface area (Å²) in [5.74, 6) is 6.05. The molecule has 1 heterocycles. The van der Waals surface area contributed by atoms with Crippen molar-refractivity contribution in [2.45, 2.75) is 21.3 Å². The zero-order valence-electron chi connectivity index (χ0n) is 12.0. The molecule has 21 heavy (non-hydrogen) atoms. The smallest absolute Gasteiger partial charge is 0.0618 e. The Morgan fingerprint density at radius 3 is 2.57 bits per heavy atom. The molecule has 0 unspecified atom stereocenters. The Kier molecular flexibility index (Phi) is 4.99. The average Bonchev–Trinajstić information content (AvgIpc) is 2.73. The van der Waals surface area contributed by atoms with Gasteiger partial charge in [0.05, 0.1) is 17.6 Å². The number of aromatic nitrogens is 2. The lowest BCUT2D eigenvalue weighted by Gasteiger charge is -2.18. The van der Waals surface area contributed by atoms with Crippen LogP contribution in [0.3, 0.4) is 0 Å². The van der Waals surface area contributed by atoms with E-state index in [1.807, 2.05) is 39.1 Å². The molecule has 1 aromatic carbocycles. The first-order valence-electron chi connectivity index (χ1n) is 6.26. The molecule has 6 nitrogen and oxygen atoms in total. The fraction of sp³-hybridized carbons (Fsp3) is 0.267. The van der Waals surface area contributed by atoms with E-state index >= 15 is 0 Å². The van der Waals surface area contributed by atoms with Gasteiger partial charge in [-0.1, -0.05) is 13.5 Å². The van der Waals surface area contributed by atoms with Crippen LogP contribution in [0.25, 0.3) is 5.70 Å². The number of anilines is 2. The van der Waals surface area contributed by atoms with Crippen molar-refractivity contribution in [3.05, 3.63) is 47.4 Å².